The van der Waals surface area contributed by atoms with Crippen molar-refractivity contribution in [2.24, 2.45) is 11.8 Å². The van der Waals surface area contributed by atoms with Gasteiger partial charge in [0.2, 0.25) is 0 Å². The smallest absolute Gasteiger partial charge is 0.348 e. The summed E-state index contributed by atoms with van der Waals surface area (Å²) in [6.07, 6.45) is 10.0. The fraction of sp³-hybridized carbons (Fsp3) is 0.593. The summed E-state index contributed by atoms with van der Waals surface area (Å²) in [5, 5.41) is 31.2. The van der Waals surface area contributed by atoms with Crippen LogP contribution in [0.4, 0.5) is 5.69 Å². The average Bonchev–Trinajstić information content (AvgIpc) is 3.44. The largest absolute Gasteiger partial charge is 0.477 e. The number of nitrogens with zero attached hydrogens (tertiary/aromatic N) is 1. The van der Waals surface area contributed by atoms with Crippen molar-refractivity contribution < 1.29 is 29.6 Å². The van der Waals surface area contributed by atoms with E-state index in [1.807, 2.05) is 32.1 Å². The van der Waals surface area contributed by atoms with Crippen molar-refractivity contribution >= 4 is 28.6 Å². The zero-order chi connectivity index (χ0) is 25.8. The van der Waals surface area contributed by atoms with Gasteiger partial charge in [-0.1, -0.05) is 51.2 Å². The summed E-state index contributed by atoms with van der Waals surface area (Å²) >= 11 is 1.23. The van der Waals surface area contributed by atoms with E-state index in [2.05, 4.69) is 19.9 Å². The predicted octanol–water partition coefficient (Wildman–Crippen LogP) is 5.06. The molecule has 1 spiro atoms. The second-order valence-corrected chi connectivity index (χ2v) is 10.9. The Hall–Kier alpha value is -1.97. The Bertz CT molecular complexity index is 957. The van der Waals surface area contributed by atoms with Crippen molar-refractivity contribution in [3.63, 3.8) is 0 Å². The minimum Gasteiger partial charge on any atom is -0.477 e. The molecule has 4 atom stereocenters. The lowest BCUT2D eigenvalue weighted by molar-refractivity contribution is -0.159. The molecule has 0 bridgehead atoms. The molecular weight excluding hydrogens is 466 g/mol. The van der Waals surface area contributed by atoms with Crippen LogP contribution in [-0.2, 0) is 9.47 Å². The van der Waals surface area contributed by atoms with Gasteiger partial charge in [-0.3, -0.25) is 0 Å². The standard InChI is InChI=1S/C27H39NO6S/c1-17(2)6-7-18(3)25(30)28(19(4)8-9-20(5)29)22-16-23(35-24(22)26(31)32)21-10-12-27(13-11-21)33-14-15-34-27/h6-10,16-20,25,29-30H,11-15H2,1-5H3,(H,31,32)/b7-6+,9-8+. The molecule has 0 saturated carbocycles. The molecule has 4 unspecified atom stereocenters. The molecule has 2 aliphatic rings. The normalized spacial score (nSPS) is 21.5. The highest BCUT2D eigenvalue weighted by molar-refractivity contribution is 7.15. The number of aliphatic hydroxyl groups is 2. The second-order valence-electron chi connectivity index (χ2n) is 9.85. The third kappa shape index (κ3) is 6.83. The molecule has 1 aliphatic heterocycles. The fourth-order valence-electron chi connectivity index (χ4n) is 4.44. The zero-order valence-electron chi connectivity index (χ0n) is 21.3. The number of ether oxygens (including phenoxy) is 2. The van der Waals surface area contributed by atoms with Crippen LogP contribution in [0.3, 0.4) is 0 Å². The van der Waals surface area contributed by atoms with E-state index in [1.165, 1.54) is 11.3 Å². The molecule has 35 heavy (non-hydrogen) atoms. The first-order chi connectivity index (χ1) is 16.5. The van der Waals surface area contributed by atoms with Crippen LogP contribution in [0.1, 0.15) is 68.4 Å². The van der Waals surface area contributed by atoms with Crippen molar-refractivity contribution in [2.45, 2.75) is 78.0 Å². The molecular formula is C27H39NO6S. The van der Waals surface area contributed by atoms with Gasteiger partial charge in [0, 0.05) is 29.7 Å². The van der Waals surface area contributed by atoms with Gasteiger partial charge in [0.15, 0.2) is 5.79 Å². The summed E-state index contributed by atoms with van der Waals surface area (Å²) in [4.78, 5) is 15.1. The van der Waals surface area contributed by atoms with Gasteiger partial charge in [-0.2, -0.15) is 0 Å². The molecule has 1 aromatic rings. The van der Waals surface area contributed by atoms with E-state index in [9.17, 15) is 20.1 Å². The Labute approximate surface area is 212 Å². The molecule has 3 rings (SSSR count). The van der Waals surface area contributed by atoms with Gasteiger partial charge in [-0.05, 0) is 37.8 Å². The summed E-state index contributed by atoms with van der Waals surface area (Å²) < 4.78 is 11.6. The average molecular weight is 506 g/mol. The molecule has 2 heterocycles. The molecule has 3 N–H and O–H groups in total. The Balaban J connectivity index is 1.99. The first-order valence-electron chi connectivity index (χ1n) is 12.4. The first kappa shape index (κ1) is 27.6. The van der Waals surface area contributed by atoms with Crippen molar-refractivity contribution in [1.82, 2.24) is 0 Å². The summed E-state index contributed by atoms with van der Waals surface area (Å²) in [5.74, 6) is -1.47. The van der Waals surface area contributed by atoms with Gasteiger partial charge in [0.1, 0.15) is 11.1 Å². The lowest BCUT2D eigenvalue weighted by Crippen LogP contribution is -2.45. The monoisotopic (exact) mass is 505 g/mol. The Morgan fingerprint density at radius 3 is 2.31 bits per heavy atom. The molecule has 0 radical (unpaired) electrons. The predicted molar refractivity (Wildman–Crippen MR) is 140 cm³/mol. The van der Waals surface area contributed by atoms with Crippen LogP contribution in [-0.4, -0.2) is 58.7 Å². The lowest BCUT2D eigenvalue weighted by Gasteiger charge is -2.36. The van der Waals surface area contributed by atoms with E-state index in [-0.39, 0.29) is 16.8 Å². The Morgan fingerprint density at radius 1 is 1.09 bits per heavy atom. The number of hydrogen-bond donors (Lipinski definition) is 3. The zero-order valence-corrected chi connectivity index (χ0v) is 22.1. The van der Waals surface area contributed by atoms with E-state index < -0.39 is 24.1 Å². The highest BCUT2D eigenvalue weighted by Gasteiger charge is 2.38. The number of thiophene rings is 1. The Kier molecular flexibility index (Phi) is 9.34. The van der Waals surface area contributed by atoms with Gasteiger partial charge >= 0.3 is 5.97 Å². The summed E-state index contributed by atoms with van der Waals surface area (Å²) in [7, 11) is 0. The van der Waals surface area contributed by atoms with Crippen LogP contribution in [0.25, 0.3) is 5.57 Å². The third-order valence-electron chi connectivity index (χ3n) is 6.41. The van der Waals surface area contributed by atoms with Crippen molar-refractivity contribution in [2.75, 3.05) is 18.1 Å². The number of hydrogen-bond acceptors (Lipinski definition) is 7. The number of allylic oxidation sites excluding steroid dienone is 2. The van der Waals surface area contributed by atoms with Gasteiger partial charge < -0.3 is 29.7 Å². The number of carboxylic acid groups (broad SMARTS) is 1. The quantitative estimate of drug-likeness (QED) is 0.302. The van der Waals surface area contributed by atoms with E-state index in [4.69, 9.17) is 9.47 Å². The second kappa shape index (κ2) is 11.8. The maximum atomic E-state index is 12.3. The minimum atomic E-state index is -1.03. The summed E-state index contributed by atoms with van der Waals surface area (Å²) in [6, 6.07) is 1.53. The molecule has 1 saturated heterocycles. The van der Waals surface area contributed by atoms with E-state index in [0.717, 1.165) is 23.3 Å². The molecule has 0 aromatic carbocycles. The van der Waals surface area contributed by atoms with Gasteiger partial charge in [0.25, 0.3) is 0 Å². The molecule has 1 fully saturated rings. The van der Waals surface area contributed by atoms with Crippen LogP contribution < -0.4 is 4.90 Å². The van der Waals surface area contributed by atoms with E-state index in [0.29, 0.717) is 31.2 Å². The molecule has 8 heteroatoms. The topological polar surface area (TPSA) is 99.5 Å². The SMILES string of the molecule is CC(C)/C=C/C(C)C(O)N(c1cc(C2=CCC3(CC2)OCCO3)sc1C(=O)O)C(C)/C=C/C(C)O. The highest BCUT2D eigenvalue weighted by Crippen LogP contribution is 2.43. The van der Waals surface area contributed by atoms with Crippen LogP contribution >= 0.6 is 11.3 Å². The first-order valence-corrected chi connectivity index (χ1v) is 13.2. The summed E-state index contributed by atoms with van der Waals surface area (Å²) in [6.45, 7) is 10.8. The highest BCUT2D eigenvalue weighted by atomic mass is 32.1. The van der Waals surface area contributed by atoms with E-state index >= 15 is 0 Å². The molecule has 1 aliphatic carbocycles. The number of carbonyl (C=O) groups is 1. The van der Waals surface area contributed by atoms with Gasteiger partial charge in [-0.25, -0.2) is 4.79 Å². The van der Waals surface area contributed by atoms with Crippen LogP contribution in [0, 0.1) is 11.8 Å². The number of aromatic carboxylic acids is 1. The summed E-state index contributed by atoms with van der Waals surface area (Å²) in [5.41, 5.74) is 1.55. The molecule has 1 aromatic heterocycles. The molecule has 7 nitrogen and oxygen atoms in total. The number of rotatable bonds is 10. The van der Waals surface area contributed by atoms with Crippen molar-refractivity contribution in [3.05, 3.63) is 46.2 Å². The van der Waals surface area contributed by atoms with Gasteiger partial charge in [0.05, 0.1) is 25.0 Å². The molecule has 0 amide bonds. The fourth-order valence-corrected chi connectivity index (χ4v) is 5.51. The number of carboxylic acids is 1. The van der Waals surface area contributed by atoms with E-state index in [1.54, 1.807) is 24.0 Å². The van der Waals surface area contributed by atoms with Crippen LogP contribution in [0.2, 0.25) is 0 Å². The lowest BCUT2D eigenvalue weighted by atomic mass is 9.93. The minimum absolute atomic E-state index is 0.186. The van der Waals surface area contributed by atoms with Crippen molar-refractivity contribution in [3.8, 4) is 0 Å². The van der Waals surface area contributed by atoms with Gasteiger partial charge in [-0.15, -0.1) is 11.3 Å². The number of aliphatic hydroxyl groups excluding tert-OH is 2. The number of anilines is 1. The van der Waals surface area contributed by atoms with Crippen molar-refractivity contribution in [1.29, 1.82) is 0 Å². The van der Waals surface area contributed by atoms with Crippen LogP contribution in [0.5, 0.6) is 0 Å². The Morgan fingerprint density at radius 2 is 1.77 bits per heavy atom. The van der Waals surface area contributed by atoms with Crippen LogP contribution in [0.15, 0.2) is 36.4 Å². The third-order valence-corrected chi connectivity index (χ3v) is 7.60. The molecule has 194 valence electrons. The maximum absolute atomic E-state index is 12.3. The maximum Gasteiger partial charge on any atom is 0.348 e.